The zero-order chi connectivity index (χ0) is 21.5. The predicted molar refractivity (Wildman–Crippen MR) is 121 cm³/mol. The van der Waals surface area contributed by atoms with Crippen LogP contribution in [0.1, 0.15) is 37.0 Å². The average molecular weight is 411 g/mol. The lowest BCUT2D eigenvalue weighted by molar-refractivity contribution is 0.0949. The molecule has 30 heavy (non-hydrogen) atoms. The van der Waals surface area contributed by atoms with Gasteiger partial charge in [0.1, 0.15) is 5.75 Å². The molecule has 0 bridgehead atoms. The fraction of sp³-hybridized carbons (Fsp3) is 0.391. The lowest BCUT2D eigenvalue weighted by Crippen LogP contribution is -2.30. The molecule has 2 aromatic carbocycles. The van der Waals surface area contributed by atoms with Gasteiger partial charge in [-0.15, -0.1) is 0 Å². The zero-order valence-electron chi connectivity index (χ0n) is 17.8. The van der Waals surface area contributed by atoms with Crippen LogP contribution in [0.3, 0.4) is 0 Å². The number of amides is 3. The fourth-order valence-electron chi connectivity index (χ4n) is 3.42. The first kappa shape index (κ1) is 21.5. The van der Waals surface area contributed by atoms with Crippen molar-refractivity contribution >= 4 is 29.0 Å². The summed E-state index contributed by atoms with van der Waals surface area (Å²) in [5.41, 5.74) is 2.67. The molecule has 1 saturated heterocycles. The van der Waals surface area contributed by atoms with Gasteiger partial charge in [0.15, 0.2) is 0 Å². The van der Waals surface area contributed by atoms with Crippen LogP contribution in [-0.2, 0) is 0 Å². The molecular formula is C23H30N4O3. The topological polar surface area (TPSA) is 82.7 Å². The summed E-state index contributed by atoms with van der Waals surface area (Å²) >= 11 is 0. The van der Waals surface area contributed by atoms with Crippen molar-refractivity contribution in [2.75, 3.05) is 42.3 Å². The molecule has 7 nitrogen and oxygen atoms in total. The molecule has 0 aromatic heterocycles. The molecule has 0 aliphatic carbocycles. The van der Waals surface area contributed by atoms with E-state index in [4.69, 9.17) is 4.74 Å². The van der Waals surface area contributed by atoms with Crippen LogP contribution in [0.2, 0.25) is 0 Å². The second-order valence-electron chi connectivity index (χ2n) is 7.84. The molecule has 0 spiro atoms. The Morgan fingerprint density at radius 1 is 1.03 bits per heavy atom. The van der Waals surface area contributed by atoms with Crippen LogP contribution >= 0.6 is 0 Å². The highest BCUT2D eigenvalue weighted by molar-refractivity contribution is 6.04. The highest BCUT2D eigenvalue weighted by Gasteiger charge is 2.20. The smallest absolute Gasteiger partial charge is 0.323 e. The second kappa shape index (κ2) is 10.0. The number of urea groups is 1. The van der Waals surface area contributed by atoms with E-state index in [9.17, 15) is 9.59 Å². The van der Waals surface area contributed by atoms with E-state index in [2.05, 4.69) is 34.7 Å². The quantitative estimate of drug-likeness (QED) is 0.635. The number of hydrogen-bond acceptors (Lipinski definition) is 4. The third-order valence-electron chi connectivity index (χ3n) is 4.94. The van der Waals surface area contributed by atoms with Crippen molar-refractivity contribution in [2.45, 2.75) is 26.7 Å². The van der Waals surface area contributed by atoms with Crippen molar-refractivity contribution < 1.29 is 14.3 Å². The van der Waals surface area contributed by atoms with Gasteiger partial charge in [-0.1, -0.05) is 19.9 Å². The van der Waals surface area contributed by atoms with E-state index < -0.39 is 0 Å². The highest BCUT2D eigenvalue weighted by Crippen LogP contribution is 2.28. The largest absolute Gasteiger partial charge is 0.497 e. The van der Waals surface area contributed by atoms with Crippen LogP contribution in [0.15, 0.2) is 42.5 Å². The van der Waals surface area contributed by atoms with Crippen LogP contribution in [0.4, 0.5) is 21.9 Å². The molecule has 3 N–H and O–H groups in total. The van der Waals surface area contributed by atoms with Crippen molar-refractivity contribution in [3.63, 3.8) is 0 Å². The number of carbonyl (C=O) groups is 2. The van der Waals surface area contributed by atoms with Crippen LogP contribution in [-0.4, -0.2) is 38.7 Å². The summed E-state index contributed by atoms with van der Waals surface area (Å²) < 4.78 is 5.18. The molecule has 2 aromatic rings. The summed E-state index contributed by atoms with van der Waals surface area (Å²) in [5, 5.41) is 8.59. The second-order valence-corrected chi connectivity index (χ2v) is 7.84. The van der Waals surface area contributed by atoms with Crippen LogP contribution in [0, 0.1) is 5.92 Å². The molecule has 0 saturated carbocycles. The van der Waals surface area contributed by atoms with Crippen LogP contribution in [0.25, 0.3) is 0 Å². The molecule has 160 valence electrons. The Hall–Kier alpha value is -3.22. The summed E-state index contributed by atoms with van der Waals surface area (Å²) in [5.74, 6) is 0.897. The monoisotopic (exact) mass is 410 g/mol. The van der Waals surface area contributed by atoms with Crippen molar-refractivity contribution in [2.24, 2.45) is 5.92 Å². The fourth-order valence-corrected chi connectivity index (χ4v) is 3.42. The number of methoxy groups -OCH3 is 1. The highest BCUT2D eigenvalue weighted by atomic mass is 16.5. The van der Waals surface area contributed by atoms with E-state index in [1.165, 1.54) is 0 Å². The summed E-state index contributed by atoms with van der Waals surface area (Å²) in [6.45, 7) is 6.60. The summed E-state index contributed by atoms with van der Waals surface area (Å²) in [6, 6.07) is 12.2. The van der Waals surface area contributed by atoms with E-state index in [0.717, 1.165) is 31.6 Å². The molecule has 3 amide bonds. The van der Waals surface area contributed by atoms with Gasteiger partial charge in [0.05, 0.1) is 12.7 Å². The number of hydrogen-bond donors (Lipinski definition) is 3. The lowest BCUT2D eigenvalue weighted by atomic mass is 10.1. The van der Waals surface area contributed by atoms with Gasteiger partial charge in [-0.2, -0.15) is 0 Å². The van der Waals surface area contributed by atoms with Gasteiger partial charge in [0, 0.05) is 42.8 Å². The Labute approximate surface area is 177 Å². The first-order chi connectivity index (χ1) is 14.5. The number of nitrogens with one attached hydrogen (secondary N) is 3. The van der Waals surface area contributed by atoms with Crippen LogP contribution in [0.5, 0.6) is 5.75 Å². The van der Waals surface area contributed by atoms with Gasteiger partial charge in [-0.3, -0.25) is 4.79 Å². The van der Waals surface area contributed by atoms with Crippen LogP contribution < -0.4 is 25.6 Å². The summed E-state index contributed by atoms with van der Waals surface area (Å²) in [7, 11) is 1.58. The molecule has 0 radical (unpaired) electrons. The van der Waals surface area contributed by atoms with E-state index >= 15 is 0 Å². The van der Waals surface area contributed by atoms with Crippen molar-refractivity contribution in [3.05, 3.63) is 48.0 Å². The Morgan fingerprint density at radius 2 is 1.73 bits per heavy atom. The molecule has 7 heteroatoms. The minimum atomic E-state index is -0.384. The van der Waals surface area contributed by atoms with Gasteiger partial charge >= 0.3 is 6.03 Å². The Morgan fingerprint density at radius 3 is 2.40 bits per heavy atom. The molecule has 0 unspecified atom stereocenters. The Bertz CT molecular complexity index is 892. The molecule has 1 aliphatic heterocycles. The Balaban J connectivity index is 1.76. The first-order valence-corrected chi connectivity index (χ1v) is 10.4. The molecule has 3 rings (SSSR count). The Kier molecular flexibility index (Phi) is 7.17. The zero-order valence-corrected chi connectivity index (χ0v) is 17.8. The van der Waals surface area contributed by atoms with Gasteiger partial charge in [0.25, 0.3) is 5.91 Å². The predicted octanol–water partition coefficient (Wildman–Crippen LogP) is 4.33. The van der Waals surface area contributed by atoms with Crippen molar-refractivity contribution in [1.82, 2.24) is 5.32 Å². The number of nitrogens with zero attached hydrogens (tertiary/aromatic N) is 1. The summed E-state index contributed by atoms with van der Waals surface area (Å²) in [4.78, 5) is 27.5. The van der Waals surface area contributed by atoms with Gasteiger partial charge in [0.2, 0.25) is 0 Å². The van der Waals surface area contributed by atoms with Gasteiger partial charge < -0.3 is 25.6 Å². The van der Waals surface area contributed by atoms with E-state index in [0.29, 0.717) is 35.2 Å². The standard InChI is InChI=1S/C23H30N4O3/c1-16(2)15-24-22(28)20-14-18(9-10-21(20)27-11-4-5-12-27)26-23(29)25-17-7-6-8-19(13-17)30-3/h6-10,13-14,16H,4-5,11-12,15H2,1-3H3,(H,24,28)(H2,25,26,29). The molecule has 1 fully saturated rings. The molecular weight excluding hydrogens is 380 g/mol. The van der Waals surface area contributed by atoms with E-state index in [1.807, 2.05) is 18.2 Å². The van der Waals surface area contributed by atoms with E-state index in [1.54, 1.807) is 31.4 Å². The third kappa shape index (κ3) is 5.65. The number of carbonyl (C=O) groups excluding carboxylic acids is 2. The average Bonchev–Trinajstić information content (AvgIpc) is 3.26. The van der Waals surface area contributed by atoms with E-state index in [-0.39, 0.29) is 11.9 Å². The molecule has 1 aliphatic rings. The van der Waals surface area contributed by atoms with Crippen molar-refractivity contribution in [1.29, 1.82) is 0 Å². The maximum atomic E-state index is 12.8. The van der Waals surface area contributed by atoms with Crippen molar-refractivity contribution in [3.8, 4) is 5.75 Å². The number of anilines is 3. The molecule has 0 atom stereocenters. The number of rotatable bonds is 7. The first-order valence-electron chi connectivity index (χ1n) is 10.4. The van der Waals surface area contributed by atoms with Gasteiger partial charge in [-0.25, -0.2) is 4.79 Å². The number of benzene rings is 2. The third-order valence-corrected chi connectivity index (χ3v) is 4.94. The molecule has 1 heterocycles. The normalized spacial score (nSPS) is 13.3. The maximum absolute atomic E-state index is 12.8. The minimum Gasteiger partial charge on any atom is -0.497 e. The van der Waals surface area contributed by atoms with Gasteiger partial charge in [-0.05, 0) is 49.1 Å². The minimum absolute atomic E-state index is 0.123. The SMILES string of the molecule is COc1cccc(NC(=O)Nc2ccc(N3CCCC3)c(C(=O)NCC(C)C)c2)c1. The maximum Gasteiger partial charge on any atom is 0.323 e. The summed E-state index contributed by atoms with van der Waals surface area (Å²) in [6.07, 6.45) is 2.24. The number of ether oxygens (including phenoxy) is 1. The lowest BCUT2D eigenvalue weighted by Gasteiger charge is -2.22.